The molecule has 5 aromatic rings. The first kappa shape index (κ1) is 16.9. The molecular formula is C19H13ClN6OS. The molecule has 0 amide bonds. The zero-order chi connectivity index (χ0) is 18.9. The number of aromatic nitrogens is 6. The molecule has 0 bridgehead atoms. The first-order valence-electron chi connectivity index (χ1n) is 8.47. The Hall–Kier alpha value is -3.23. The van der Waals surface area contributed by atoms with Crippen LogP contribution in [-0.2, 0) is 6.61 Å². The van der Waals surface area contributed by atoms with Crippen LogP contribution in [0.4, 0.5) is 0 Å². The molecule has 0 saturated heterocycles. The van der Waals surface area contributed by atoms with E-state index in [2.05, 4.69) is 25.5 Å². The van der Waals surface area contributed by atoms with Crippen LogP contribution in [0.2, 0.25) is 5.02 Å². The Balaban J connectivity index is 1.39. The molecule has 0 aliphatic rings. The maximum absolute atomic E-state index is 5.89. The van der Waals surface area contributed by atoms with Gasteiger partial charge in [-0.05, 0) is 30.3 Å². The summed E-state index contributed by atoms with van der Waals surface area (Å²) in [6.07, 6.45) is 0. The molecule has 5 rings (SSSR count). The number of nitrogens with zero attached hydrogens (tertiary/aromatic N) is 5. The van der Waals surface area contributed by atoms with Crippen LogP contribution < -0.4 is 4.74 Å². The van der Waals surface area contributed by atoms with Gasteiger partial charge in [0.25, 0.3) is 0 Å². The number of halogens is 1. The SMILES string of the molecule is Clc1ccc(OCc2nn3c(-c4cc(-c5ccccc5)n[nH]4)nnc3s2)cc1. The summed E-state index contributed by atoms with van der Waals surface area (Å²) >= 11 is 7.32. The molecule has 0 aliphatic heterocycles. The van der Waals surface area contributed by atoms with Crippen LogP contribution in [0, 0.1) is 0 Å². The van der Waals surface area contributed by atoms with Gasteiger partial charge < -0.3 is 4.74 Å². The van der Waals surface area contributed by atoms with E-state index < -0.39 is 0 Å². The maximum Gasteiger partial charge on any atom is 0.235 e. The summed E-state index contributed by atoms with van der Waals surface area (Å²) in [4.78, 5) is 0.695. The lowest BCUT2D eigenvalue weighted by Crippen LogP contribution is -1.97. The van der Waals surface area contributed by atoms with E-state index in [0.29, 0.717) is 22.4 Å². The van der Waals surface area contributed by atoms with E-state index in [4.69, 9.17) is 16.3 Å². The van der Waals surface area contributed by atoms with Crippen molar-refractivity contribution in [3.8, 4) is 28.5 Å². The number of hydrogen-bond acceptors (Lipinski definition) is 6. The highest BCUT2D eigenvalue weighted by molar-refractivity contribution is 7.16. The van der Waals surface area contributed by atoms with Crippen LogP contribution in [0.15, 0.2) is 60.7 Å². The fourth-order valence-electron chi connectivity index (χ4n) is 2.75. The second-order valence-corrected chi connectivity index (χ2v) is 7.47. The van der Waals surface area contributed by atoms with Gasteiger partial charge in [-0.2, -0.15) is 14.7 Å². The molecule has 3 aromatic heterocycles. The molecule has 0 saturated carbocycles. The Bertz CT molecular complexity index is 1230. The van der Waals surface area contributed by atoms with E-state index >= 15 is 0 Å². The van der Waals surface area contributed by atoms with Crippen molar-refractivity contribution in [3.63, 3.8) is 0 Å². The average molecular weight is 409 g/mol. The lowest BCUT2D eigenvalue weighted by molar-refractivity contribution is 0.304. The third kappa shape index (κ3) is 3.23. The monoisotopic (exact) mass is 408 g/mol. The average Bonchev–Trinajstić information content (AvgIpc) is 3.44. The molecule has 0 aliphatic carbocycles. The molecule has 3 heterocycles. The lowest BCUT2D eigenvalue weighted by Gasteiger charge is -2.02. The standard InChI is InChI=1S/C19H13ClN6OS/c20-13-6-8-14(9-7-13)27-11-17-25-26-18(23-24-19(26)28-17)16-10-15(21-22-16)12-4-2-1-3-5-12/h1-10H,11H2,(H,21,22). The molecule has 2 aromatic carbocycles. The zero-order valence-electron chi connectivity index (χ0n) is 14.4. The van der Waals surface area contributed by atoms with Crippen LogP contribution >= 0.6 is 22.9 Å². The normalized spacial score (nSPS) is 11.2. The molecule has 0 spiro atoms. The van der Waals surface area contributed by atoms with Gasteiger partial charge in [-0.15, -0.1) is 10.2 Å². The molecule has 0 fully saturated rings. The summed E-state index contributed by atoms with van der Waals surface area (Å²) in [5.41, 5.74) is 2.62. The van der Waals surface area contributed by atoms with Crippen LogP contribution in [-0.4, -0.2) is 30.0 Å². The van der Waals surface area contributed by atoms with Crippen molar-refractivity contribution < 1.29 is 4.74 Å². The third-order valence-electron chi connectivity index (χ3n) is 4.10. The van der Waals surface area contributed by atoms with Crippen LogP contribution in [0.5, 0.6) is 5.75 Å². The van der Waals surface area contributed by atoms with Crippen LogP contribution in [0.1, 0.15) is 5.01 Å². The van der Waals surface area contributed by atoms with Gasteiger partial charge in [0, 0.05) is 10.6 Å². The molecule has 0 radical (unpaired) electrons. The third-order valence-corrected chi connectivity index (χ3v) is 5.22. The van der Waals surface area contributed by atoms with Crippen molar-refractivity contribution >= 4 is 27.9 Å². The molecule has 28 heavy (non-hydrogen) atoms. The molecule has 0 unspecified atom stereocenters. The van der Waals surface area contributed by atoms with Crippen molar-refractivity contribution in [2.24, 2.45) is 0 Å². The van der Waals surface area contributed by atoms with Crippen molar-refractivity contribution in [3.05, 3.63) is 70.7 Å². The number of H-pyrrole nitrogens is 1. The molecular weight excluding hydrogens is 396 g/mol. The van der Waals surface area contributed by atoms with Gasteiger partial charge in [-0.3, -0.25) is 5.10 Å². The van der Waals surface area contributed by atoms with Gasteiger partial charge in [0.05, 0.1) is 5.69 Å². The number of fused-ring (bicyclic) bond motifs is 1. The largest absolute Gasteiger partial charge is 0.486 e. The van der Waals surface area contributed by atoms with Crippen molar-refractivity contribution in [1.82, 2.24) is 30.0 Å². The van der Waals surface area contributed by atoms with E-state index in [1.165, 1.54) is 11.3 Å². The highest BCUT2D eigenvalue weighted by Gasteiger charge is 2.16. The van der Waals surface area contributed by atoms with E-state index in [1.54, 1.807) is 16.6 Å². The Morgan fingerprint density at radius 3 is 2.68 bits per heavy atom. The van der Waals surface area contributed by atoms with Gasteiger partial charge in [0.15, 0.2) is 5.01 Å². The molecule has 0 atom stereocenters. The summed E-state index contributed by atoms with van der Waals surface area (Å²) in [6.45, 7) is 0.341. The number of nitrogens with one attached hydrogen (secondary N) is 1. The number of benzene rings is 2. The topological polar surface area (TPSA) is 81.0 Å². The van der Waals surface area contributed by atoms with Crippen molar-refractivity contribution in [2.45, 2.75) is 6.61 Å². The highest BCUT2D eigenvalue weighted by Crippen LogP contribution is 2.25. The fraction of sp³-hybridized carbons (Fsp3) is 0.0526. The second-order valence-electron chi connectivity index (χ2n) is 5.99. The highest BCUT2D eigenvalue weighted by atomic mass is 35.5. The first-order chi connectivity index (χ1) is 13.8. The number of ether oxygens (including phenoxy) is 1. The summed E-state index contributed by atoms with van der Waals surface area (Å²) in [7, 11) is 0. The van der Waals surface area contributed by atoms with Gasteiger partial charge in [-0.1, -0.05) is 53.3 Å². The van der Waals surface area contributed by atoms with Gasteiger partial charge >= 0.3 is 0 Å². The maximum atomic E-state index is 5.89. The zero-order valence-corrected chi connectivity index (χ0v) is 16.0. The fourth-order valence-corrected chi connectivity index (χ4v) is 3.62. The Labute approximate surface area is 168 Å². The molecule has 1 N–H and O–H groups in total. The number of hydrogen-bond donors (Lipinski definition) is 1. The minimum atomic E-state index is 0.341. The summed E-state index contributed by atoms with van der Waals surface area (Å²) in [6, 6.07) is 19.1. The predicted octanol–water partition coefficient (Wildman–Crippen LogP) is 4.48. The van der Waals surface area contributed by atoms with Gasteiger partial charge in [-0.25, -0.2) is 0 Å². The van der Waals surface area contributed by atoms with E-state index in [1.807, 2.05) is 48.5 Å². The Morgan fingerprint density at radius 2 is 1.86 bits per heavy atom. The van der Waals surface area contributed by atoms with E-state index in [0.717, 1.165) is 27.7 Å². The first-order valence-corrected chi connectivity index (χ1v) is 9.66. The van der Waals surface area contributed by atoms with E-state index in [9.17, 15) is 0 Å². The predicted molar refractivity (Wildman–Crippen MR) is 107 cm³/mol. The molecule has 7 nitrogen and oxygen atoms in total. The lowest BCUT2D eigenvalue weighted by atomic mass is 10.1. The van der Waals surface area contributed by atoms with Crippen LogP contribution in [0.25, 0.3) is 27.7 Å². The van der Waals surface area contributed by atoms with Gasteiger partial charge in [0.2, 0.25) is 10.8 Å². The molecule has 138 valence electrons. The summed E-state index contributed by atoms with van der Waals surface area (Å²) in [5.74, 6) is 1.34. The van der Waals surface area contributed by atoms with E-state index in [-0.39, 0.29) is 0 Å². The van der Waals surface area contributed by atoms with Crippen LogP contribution in [0.3, 0.4) is 0 Å². The Morgan fingerprint density at radius 1 is 1.04 bits per heavy atom. The molecule has 9 heteroatoms. The van der Waals surface area contributed by atoms with Crippen molar-refractivity contribution in [2.75, 3.05) is 0 Å². The smallest absolute Gasteiger partial charge is 0.235 e. The minimum absolute atomic E-state index is 0.341. The Kier molecular flexibility index (Phi) is 4.27. The quantitative estimate of drug-likeness (QED) is 0.464. The van der Waals surface area contributed by atoms with Gasteiger partial charge in [0.1, 0.15) is 18.1 Å². The summed E-state index contributed by atoms with van der Waals surface area (Å²) < 4.78 is 7.46. The summed E-state index contributed by atoms with van der Waals surface area (Å²) in [5, 5.41) is 21.9. The minimum Gasteiger partial charge on any atom is -0.486 e. The number of rotatable bonds is 5. The second kappa shape index (κ2) is 7.06. The number of aromatic amines is 1. The van der Waals surface area contributed by atoms with Crippen molar-refractivity contribution in [1.29, 1.82) is 0 Å².